The molecule has 0 spiro atoms. The molecule has 0 aromatic heterocycles. The molecule has 74 valence electrons. The van der Waals surface area contributed by atoms with Crippen LogP contribution in [0.25, 0.3) is 0 Å². The summed E-state index contributed by atoms with van der Waals surface area (Å²) in [6.45, 7) is 0.308. The fourth-order valence-corrected chi connectivity index (χ4v) is 1.48. The van der Waals surface area contributed by atoms with Crippen molar-refractivity contribution < 1.29 is 9.13 Å². The van der Waals surface area contributed by atoms with Crippen molar-refractivity contribution in [2.75, 3.05) is 13.7 Å². The molecular formula is C10H9FOS2. The lowest BCUT2D eigenvalue weighted by Gasteiger charge is -1.97. The van der Waals surface area contributed by atoms with E-state index in [0.717, 1.165) is 4.90 Å². The number of benzene rings is 1. The summed E-state index contributed by atoms with van der Waals surface area (Å²) in [4.78, 5) is 0.767. The van der Waals surface area contributed by atoms with E-state index in [0.29, 0.717) is 12.2 Å². The second kappa shape index (κ2) is 5.97. The molecule has 0 radical (unpaired) electrons. The molecule has 0 heterocycles. The van der Waals surface area contributed by atoms with Crippen LogP contribution in [0.3, 0.4) is 0 Å². The Morgan fingerprint density at radius 1 is 1.57 bits per heavy atom. The van der Waals surface area contributed by atoms with Crippen molar-refractivity contribution in [2.45, 2.75) is 4.90 Å². The molecule has 0 aliphatic rings. The Morgan fingerprint density at radius 2 is 2.36 bits per heavy atom. The van der Waals surface area contributed by atoms with Crippen LogP contribution >= 0.6 is 22.5 Å². The van der Waals surface area contributed by atoms with Gasteiger partial charge in [-0.3, -0.25) is 0 Å². The molecule has 4 heteroatoms. The molecule has 0 saturated heterocycles. The fourth-order valence-electron chi connectivity index (χ4n) is 0.857. The second-order valence-electron chi connectivity index (χ2n) is 2.47. The smallest absolute Gasteiger partial charge is 0.139 e. The summed E-state index contributed by atoms with van der Waals surface area (Å²) in [6.07, 6.45) is 0. The summed E-state index contributed by atoms with van der Waals surface area (Å²) in [6, 6.07) is 4.82. The molecule has 1 aromatic rings. The fraction of sp³-hybridized carbons (Fsp3) is 0.200. The molecule has 1 rings (SSSR count). The minimum atomic E-state index is -0.326. The Morgan fingerprint density at radius 3 is 2.93 bits per heavy atom. The number of halogens is 1. The molecule has 14 heavy (non-hydrogen) atoms. The van der Waals surface area contributed by atoms with Gasteiger partial charge in [0.05, 0.1) is 5.56 Å². The third-order valence-corrected chi connectivity index (χ3v) is 2.58. The van der Waals surface area contributed by atoms with Gasteiger partial charge in [0.25, 0.3) is 0 Å². The molecule has 0 saturated carbocycles. The molecule has 0 bridgehead atoms. The van der Waals surface area contributed by atoms with Gasteiger partial charge in [-0.25, -0.2) is 4.39 Å². The van der Waals surface area contributed by atoms with E-state index in [-0.39, 0.29) is 5.82 Å². The van der Waals surface area contributed by atoms with Crippen LogP contribution in [-0.4, -0.2) is 13.7 Å². The van der Waals surface area contributed by atoms with Crippen molar-refractivity contribution in [3.05, 3.63) is 29.6 Å². The average Bonchev–Trinajstić information content (AvgIpc) is 2.20. The monoisotopic (exact) mass is 228 g/mol. The molecule has 0 amide bonds. The van der Waals surface area contributed by atoms with Gasteiger partial charge in [0.1, 0.15) is 12.4 Å². The Hall–Kier alpha value is -0.630. The van der Waals surface area contributed by atoms with Gasteiger partial charge in [-0.1, -0.05) is 22.6 Å². The van der Waals surface area contributed by atoms with Crippen LogP contribution in [0.2, 0.25) is 0 Å². The largest absolute Gasteiger partial charge is 0.372 e. The highest BCUT2D eigenvalue weighted by Gasteiger charge is 1.99. The van der Waals surface area contributed by atoms with Crippen LogP contribution in [0.15, 0.2) is 23.1 Å². The molecular weight excluding hydrogens is 219 g/mol. The highest BCUT2D eigenvalue weighted by molar-refractivity contribution is 8.68. The first kappa shape index (κ1) is 11.4. The lowest BCUT2D eigenvalue weighted by molar-refractivity contribution is 0.240. The maximum atomic E-state index is 13.3. The number of thiol groups is 1. The van der Waals surface area contributed by atoms with Gasteiger partial charge in [0, 0.05) is 12.0 Å². The lowest BCUT2D eigenvalue weighted by atomic mass is 10.2. The second-order valence-corrected chi connectivity index (χ2v) is 3.67. The minimum Gasteiger partial charge on any atom is -0.372 e. The number of hydrogen-bond acceptors (Lipinski definition) is 3. The van der Waals surface area contributed by atoms with E-state index in [1.807, 2.05) is 0 Å². The Labute approximate surface area is 91.8 Å². The topological polar surface area (TPSA) is 9.23 Å². The summed E-state index contributed by atoms with van der Waals surface area (Å²) in [5.74, 6) is 5.05. The third kappa shape index (κ3) is 3.26. The summed E-state index contributed by atoms with van der Waals surface area (Å²) in [7, 11) is 2.75. The van der Waals surface area contributed by atoms with Crippen molar-refractivity contribution in [1.29, 1.82) is 0 Å². The van der Waals surface area contributed by atoms with Crippen LogP contribution in [0.1, 0.15) is 5.56 Å². The summed E-state index contributed by atoms with van der Waals surface area (Å²) in [5.41, 5.74) is 0.383. The highest BCUT2D eigenvalue weighted by atomic mass is 33.1. The summed E-state index contributed by atoms with van der Waals surface area (Å²) < 4.78 is 18.0. The zero-order valence-electron chi connectivity index (χ0n) is 7.58. The maximum Gasteiger partial charge on any atom is 0.139 e. The molecule has 0 aliphatic heterocycles. The zero-order valence-corrected chi connectivity index (χ0v) is 9.29. The van der Waals surface area contributed by atoms with Crippen molar-refractivity contribution >= 4 is 22.5 Å². The van der Waals surface area contributed by atoms with E-state index in [4.69, 9.17) is 4.74 Å². The van der Waals surface area contributed by atoms with Crippen LogP contribution in [0.4, 0.5) is 4.39 Å². The SMILES string of the molecule is COCC#Cc1ccc(SS)cc1F. The normalized spacial score (nSPS) is 9.36. The Kier molecular flexibility index (Phi) is 4.88. The number of methoxy groups -OCH3 is 1. The van der Waals surface area contributed by atoms with Gasteiger partial charge in [-0.05, 0) is 18.2 Å². The molecule has 0 atom stereocenters. The lowest BCUT2D eigenvalue weighted by Crippen LogP contribution is -1.86. The molecule has 0 N–H and O–H groups in total. The first-order valence-corrected chi connectivity index (χ1v) is 5.73. The van der Waals surface area contributed by atoms with Crippen molar-refractivity contribution in [2.24, 2.45) is 0 Å². The van der Waals surface area contributed by atoms with Crippen LogP contribution in [-0.2, 0) is 4.74 Å². The van der Waals surface area contributed by atoms with E-state index in [2.05, 4.69) is 23.5 Å². The number of ether oxygens (including phenoxy) is 1. The molecule has 0 aliphatic carbocycles. The first-order valence-electron chi connectivity index (χ1n) is 3.86. The Balaban J connectivity index is 2.85. The molecule has 0 unspecified atom stereocenters. The summed E-state index contributed by atoms with van der Waals surface area (Å²) >= 11 is 3.97. The minimum absolute atomic E-state index is 0.308. The molecule has 1 aromatic carbocycles. The maximum absolute atomic E-state index is 13.3. The highest BCUT2D eigenvalue weighted by Crippen LogP contribution is 2.22. The van der Waals surface area contributed by atoms with Gasteiger partial charge in [-0.2, -0.15) is 0 Å². The van der Waals surface area contributed by atoms with E-state index in [1.54, 1.807) is 19.2 Å². The van der Waals surface area contributed by atoms with Crippen molar-refractivity contribution in [3.63, 3.8) is 0 Å². The first-order chi connectivity index (χ1) is 6.77. The van der Waals surface area contributed by atoms with Crippen molar-refractivity contribution in [1.82, 2.24) is 0 Å². The van der Waals surface area contributed by atoms with Gasteiger partial charge in [0.2, 0.25) is 0 Å². The van der Waals surface area contributed by atoms with E-state index in [9.17, 15) is 4.39 Å². The van der Waals surface area contributed by atoms with Gasteiger partial charge in [-0.15, -0.1) is 11.7 Å². The van der Waals surface area contributed by atoms with E-state index in [1.165, 1.54) is 16.9 Å². The van der Waals surface area contributed by atoms with Gasteiger partial charge in [0.15, 0.2) is 0 Å². The van der Waals surface area contributed by atoms with Crippen LogP contribution < -0.4 is 0 Å². The average molecular weight is 228 g/mol. The van der Waals surface area contributed by atoms with Crippen molar-refractivity contribution in [3.8, 4) is 11.8 Å². The quantitative estimate of drug-likeness (QED) is 0.473. The van der Waals surface area contributed by atoms with Crippen LogP contribution in [0.5, 0.6) is 0 Å². The molecule has 1 nitrogen and oxygen atoms in total. The van der Waals surface area contributed by atoms with E-state index >= 15 is 0 Å². The predicted octanol–water partition coefficient (Wildman–Crippen LogP) is 2.76. The van der Waals surface area contributed by atoms with E-state index < -0.39 is 0 Å². The summed E-state index contributed by atoms with van der Waals surface area (Å²) in [5, 5.41) is 0. The van der Waals surface area contributed by atoms with Gasteiger partial charge < -0.3 is 4.74 Å². The zero-order chi connectivity index (χ0) is 10.4. The van der Waals surface area contributed by atoms with Crippen LogP contribution in [0, 0.1) is 17.7 Å². The Bertz CT molecular complexity index is 368. The van der Waals surface area contributed by atoms with Gasteiger partial charge >= 0.3 is 0 Å². The number of rotatable bonds is 2. The third-order valence-electron chi connectivity index (χ3n) is 1.49. The molecule has 0 fully saturated rings. The standard InChI is InChI=1S/C10H9FOS2/c1-12-6-2-3-8-4-5-9(14-13)7-10(8)11/h4-5,7,13H,6H2,1H3. The predicted molar refractivity (Wildman–Crippen MR) is 60.0 cm³/mol. The number of hydrogen-bond donors (Lipinski definition) is 1.